The molecule has 7 heteroatoms. The molecule has 1 aliphatic rings. The van der Waals surface area contributed by atoms with Crippen molar-refractivity contribution < 1.29 is 28.9 Å². The van der Waals surface area contributed by atoms with Gasteiger partial charge in [0, 0.05) is 30.7 Å². The number of aliphatic hydroxyl groups excluding tert-OH is 1. The summed E-state index contributed by atoms with van der Waals surface area (Å²) in [5, 5.41) is 12.2. The molecule has 32 heavy (non-hydrogen) atoms. The van der Waals surface area contributed by atoms with Gasteiger partial charge >= 0.3 is 5.97 Å². The van der Waals surface area contributed by atoms with Crippen LogP contribution in [0.25, 0.3) is 0 Å². The Labute approximate surface area is 188 Å². The van der Waals surface area contributed by atoms with Gasteiger partial charge in [0.25, 0.3) is 5.91 Å². The highest BCUT2D eigenvalue weighted by atomic mass is 16.7. The SMILES string of the molecule is CCO[C@@H]1OC(C(=O)Nc2ccccc2)=C[C@H](c2ccc(C(=O)OC)cc2)[C@H]1CCCO. The molecular formula is C25H29NO6. The number of hydrogen-bond donors (Lipinski definition) is 2. The van der Waals surface area contributed by atoms with Crippen LogP contribution in [-0.4, -0.2) is 43.6 Å². The maximum Gasteiger partial charge on any atom is 0.337 e. The van der Waals surface area contributed by atoms with E-state index < -0.39 is 12.3 Å². The number of anilines is 1. The number of amides is 1. The summed E-state index contributed by atoms with van der Waals surface area (Å²) < 4.78 is 16.6. The summed E-state index contributed by atoms with van der Waals surface area (Å²) in [4.78, 5) is 24.7. The van der Waals surface area contributed by atoms with E-state index in [-0.39, 0.29) is 30.1 Å². The molecule has 170 valence electrons. The summed E-state index contributed by atoms with van der Waals surface area (Å²) in [6.45, 7) is 2.34. The largest absolute Gasteiger partial charge is 0.465 e. The molecule has 0 spiro atoms. The summed E-state index contributed by atoms with van der Waals surface area (Å²) in [6, 6.07) is 16.2. The Kier molecular flexibility index (Phi) is 8.41. The lowest BCUT2D eigenvalue weighted by Crippen LogP contribution is -2.37. The minimum Gasteiger partial charge on any atom is -0.465 e. The van der Waals surface area contributed by atoms with Gasteiger partial charge in [-0.15, -0.1) is 0 Å². The number of para-hydroxylation sites is 1. The molecule has 2 N–H and O–H groups in total. The maximum atomic E-state index is 12.9. The van der Waals surface area contributed by atoms with Crippen LogP contribution in [-0.2, 0) is 19.0 Å². The smallest absolute Gasteiger partial charge is 0.337 e. The van der Waals surface area contributed by atoms with Crippen LogP contribution in [0.2, 0.25) is 0 Å². The first-order valence-corrected chi connectivity index (χ1v) is 10.7. The van der Waals surface area contributed by atoms with Crippen molar-refractivity contribution in [3.63, 3.8) is 0 Å². The van der Waals surface area contributed by atoms with E-state index >= 15 is 0 Å². The number of carbonyl (C=O) groups is 2. The molecule has 0 unspecified atom stereocenters. The lowest BCUT2D eigenvalue weighted by atomic mass is 9.80. The average Bonchev–Trinajstić information content (AvgIpc) is 2.83. The number of carbonyl (C=O) groups excluding carboxylic acids is 2. The Morgan fingerprint density at radius 2 is 1.81 bits per heavy atom. The predicted molar refractivity (Wildman–Crippen MR) is 120 cm³/mol. The van der Waals surface area contributed by atoms with Crippen molar-refractivity contribution in [3.05, 3.63) is 77.6 Å². The zero-order valence-electron chi connectivity index (χ0n) is 18.3. The summed E-state index contributed by atoms with van der Waals surface area (Å²) in [5.41, 5.74) is 2.03. The minimum atomic E-state index is -0.640. The highest BCUT2D eigenvalue weighted by Gasteiger charge is 2.37. The zero-order valence-corrected chi connectivity index (χ0v) is 18.3. The van der Waals surface area contributed by atoms with Crippen molar-refractivity contribution in [2.75, 3.05) is 25.6 Å². The van der Waals surface area contributed by atoms with Crippen LogP contribution < -0.4 is 5.32 Å². The molecule has 1 amide bonds. The third-order valence-corrected chi connectivity index (χ3v) is 5.38. The molecule has 3 atom stereocenters. The van der Waals surface area contributed by atoms with E-state index in [4.69, 9.17) is 14.2 Å². The standard InChI is InChI=1S/C25H29NO6/c1-3-31-25-20(10-7-15-27)21(17-11-13-18(14-12-17)24(29)30-2)16-22(32-25)23(28)26-19-8-5-4-6-9-19/h4-6,8-9,11-14,16,20-21,25,27H,3,7,10,15H2,1-2H3,(H,26,28)/t20-,21-,25-/m1/s1. The molecule has 1 heterocycles. The zero-order chi connectivity index (χ0) is 22.9. The van der Waals surface area contributed by atoms with Gasteiger partial charge in [-0.25, -0.2) is 4.79 Å². The van der Waals surface area contributed by atoms with Gasteiger partial charge in [-0.3, -0.25) is 4.79 Å². The van der Waals surface area contributed by atoms with E-state index in [2.05, 4.69) is 5.32 Å². The fourth-order valence-electron chi connectivity index (χ4n) is 3.82. The predicted octanol–water partition coefficient (Wildman–Crippen LogP) is 3.86. The molecule has 7 nitrogen and oxygen atoms in total. The fraction of sp³-hybridized carbons (Fsp3) is 0.360. The van der Waals surface area contributed by atoms with Gasteiger partial charge in [-0.1, -0.05) is 30.3 Å². The molecule has 3 rings (SSSR count). The molecule has 0 saturated heterocycles. The quantitative estimate of drug-likeness (QED) is 0.576. The highest BCUT2D eigenvalue weighted by Crippen LogP contribution is 2.39. The minimum absolute atomic E-state index is 0.0500. The first-order chi connectivity index (χ1) is 15.6. The molecular weight excluding hydrogens is 410 g/mol. The normalized spacial score (nSPS) is 20.1. The van der Waals surface area contributed by atoms with Crippen LogP contribution in [0.1, 0.15) is 41.6 Å². The topological polar surface area (TPSA) is 94.1 Å². The molecule has 2 aromatic carbocycles. The van der Waals surface area contributed by atoms with Gasteiger partial charge in [-0.2, -0.15) is 0 Å². The summed E-state index contributed by atoms with van der Waals surface area (Å²) in [5.74, 6) is -0.910. The van der Waals surface area contributed by atoms with Gasteiger partial charge in [0.05, 0.1) is 12.7 Å². The summed E-state index contributed by atoms with van der Waals surface area (Å²) >= 11 is 0. The first kappa shape index (κ1) is 23.5. The number of allylic oxidation sites excluding steroid dienone is 1. The Bertz CT molecular complexity index is 925. The Morgan fingerprint density at radius 1 is 1.09 bits per heavy atom. The van der Waals surface area contributed by atoms with Crippen molar-refractivity contribution in [1.82, 2.24) is 0 Å². The van der Waals surface area contributed by atoms with Crippen molar-refractivity contribution in [2.24, 2.45) is 5.92 Å². The molecule has 0 radical (unpaired) electrons. The second-order valence-electron chi connectivity index (χ2n) is 7.46. The van der Waals surface area contributed by atoms with E-state index in [1.165, 1.54) is 7.11 Å². The van der Waals surface area contributed by atoms with E-state index in [0.717, 1.165) is 5.56 Å². The summed E-state index contributed by atoms with van der Waals surface area (Å²) in [6.07, 6.45) is 2.38. The third kappa shape index (κ3) is 5.75. The van der Waals surface area contributed by atoms with Crippen LogP contribution in [0.5, 0.6) is 0 Å². The second-order valence-corrected chi connectivity index (χ2v) is 7.46. The molecule has 2 aromatic rings. The van der Waals surface area contributed by atoms with E-state index in [1.54, 1.807) is 30.3 Å². The molecule has 0 aromatic heterocycles. The maximum absolute atomic E-state index is 12.9. The Hall–Kier alpha value is -3.16. The highest BCUT2D eigenvalue weighted by molar-refractivity contribution is 6.02. The van der Waals surface area contributed by atoms with Crippen LogP contribution >= 0.6 is 0 Å². The summed E-state index contributed by atoms with van der Waals surface area (Å²) in [7, 11) is 1.34. The number of methoxy groups -OCH3 is 1. The van der Waals surface area contributed by atoms with Crippen LogP contribution in [0.4, 0.5) is 5.69 Å². The van der Waals surface area contributed by atoms with E-state index in [9.17, 15) is 14.7 Å². The van der Waals surface area contributed by atoms with Crippen molar-refractivity contribution in [2.45, 2.75) is 32.0 Å². The first-order valence-electron chi connectivity index (χ1n) is 10.7. The number of rotatable bonds is 9. The number of ether oxygens (including phenoxy) is 3. The Balaban J connectivity index is 1.94. The number of esters is 1. The van der Waals surface area contributed by atoms with Crippen molar-refractivity contribution in [3.8, 4) is 0 Å². The van der Waals surface area contributed by atoms with Gasteiger partial charge in [-0.05, 0) is 55.7 Å². The second kappa shape index (κ2) is 11.5. The average molecular weight is 440 g/mol. The lowest BCUT2D eigenvalue weighted by molar-refractivity contribution is -0.165. The lowest BCUT2D eigenvalue weighted by Gasteiger charge is -2.37. The fourth-order valence-corrected chi connectivity index (χ4v) is 3.82. The number of hydrogen-bond acceptors (Lipinski definition) is 6. The molecule has 0 fully saturated rings. The van der Waals surface area contributed by atoms with E-state index in [1.807, 2.05) is 37.3 Å². The Morgan fingerprint density at radius 3 is 2.44 bits per heavy atom. The monoisotopic (exact) mass is 439 g/mol. The third-order valence-electron chi connectivity index (χ3n) is 5.38. The van der Waals surface area contributed by atoms with Crippen LogP contribution in [0, 0.1) is 5.92 Å². The van der Waals surface area contributed by atoms with Crippen molar-refractivity contribution >= 4 is 17.6 Å². The molecule has 0 bridgehead atoms. The van der Waals surface area contributed by atoms with E-state index in [0.29, 0.717) is 30.7 Å². The molecule has 0 saturated carbocycles. The van der Waals surface area contributed by atoms with Gasteiger partial charge in [0.1, 0.15) is 0 Å². The van der Waals surface area contributed by atoms with Gasteiger partial charge in [0.15, 0.2) is 5.76 Å². The van der Waals surface area contributed by atoms with Gasteiger partial charge < -0.3 is 24.6 Å². The van der Waals surface area contributed by atoms with Crippen molar-refractivity contribution in [1.29, 1.82) is 0 Å². The number of nitrogens with one attached hydrogen (secondary N) is 1. The van der Waals surface area contributed by atoms with Gasteiger partial charge in [0.2, 0.25) is 6.29 Å². The molecule has 1 aliphatic heterocycles. The van der Waals surface area contributed by atoms with Crippen LogP contribution in [0.15, 0.2) is 66.4 Å². The molecule has 0 aliphatic carbocycles. The van der Waals surface area contributed by atoms with Crippen LogP contribution in [0.3, 0.4) is 0 Å². The number of benzene rings is 2. The number of aliphatic hydroxyl groups is 1.